The van der Waals surface area contributed by atoms with Gasteiger partial charge in [0.05, 0.1) is 13.7 Å². The summed E-state index contributed by atoms with van der Waals surface area (Å²) in [5.41, 5.74) is 8.56. The summed E-state index contributed by atoms with van der Waals surface area (Å²) in [5, 5.41) is 9.00. The molecule has 106 valence electrons. The number of aliphatic hydroxyl groups excluding tert-OH is 1. The molecule has 0 aliphatic rings. The van der Waals surface area contributed by atoms with E-state index in [0.717, 1.165) is 28.2 Å². The summed E-state index contributed by atoms with van der Waals surface area (Å²) >= 11 is 0. The van der Waals surface area contributed by atoms with E-state index in [-0.39, 0.29) is 6.61 Å². The molecule has 0 radical (unpaired) electrons. The van der Waals surface area contributed by atoms with Gasteiger partial charge in [0.1, 0.15) is 18.1 Å². The number of methoxy groups -OCH3 is 1. The van der Waals surface area contributed by atoms with Gasteiger partial charge in [-0.05, 0) is 29.3 Å². The second-order valence-corrected chi connectivity index (χ2v) is 4.44. The first kappa shape index (κ1) is 14.4. The fourth-order valence-electron chi connectivity index (χ4n) is 1.89. The molecular weight excluding hydrogens is 254 g/mol. The molecule has 0 spiro atoms. The molecule has 4 heteroatoms. The number of benzene rings is 2. The first-order valence-electron chi connectivity index (χ1n) is 6.45. The predicted molar refractivity (Wildman–Crippen MR) is 77.6 cm³/mol. The monoisotopic (exact) mass is 273 g/mol. The van der Waals surface area contributed by atoms with E-state index in [9.17, 15) is 0 Å². The van der Waals surface area contributed by atoms with Crippen LogP contribution in [0.5, 0.6) is 11.5 Å². The third kappa shape index (κ3) is 3.50. The lowest BCUT2D eigenvalue weighted by Gasteiger charge is -2.12. The Morgan fingerprint density at radius 1 is 1.05 bits per heavy atom. The Balaban J connectivity index is 2.05. The normalized spacial score (nSPS) is 10.3. The van der Waals surface area contributed by atoms with Gasteiger partial charge in [-0.3, -0.25) is 0 Å². The van der Waals surface area contributed by atoms with E-state index < -0.39 is 0 Å². The third-order valence-electron chi connectivity index (χ3n) is 3.09. The lowest BCUT2D eigenvalue weighted by atomic mass is 10.1. The van der Waals surface area contributed by atoms with Gasteiger partial charge in [0.25, 0.3) is 0 Å². The van der Waals surface area contributed by atoms with Crippen LogP contribution in [-0.2, 0) is 19.8 Å². The molecule has 0 fully saturated rings. The van der Waals surface area contributed by atoms with Crippen molar-refractivity contribution in [2.45, 2.75) is 19.8 Å². The molecule has 0 aliphatic carbocycles. The van der Waals surface area contributed by atoms with Crippen LogP contribution < -0.4 is 15.2 Å². The molecule has 0 saturated carbocycles. The van der Waals surface area contributed by atoms with Crippen molar-refractivity contribution in [2.75, 3.05) is 7.11 Å². The first-order chi connectivity index (χ1) is 9.76. The Labute approximate surface area is 118 Å². The van der Waals surface area contributed by atoms with Crippen molar-refractivity contribution >= 4 is 0 Å². The Bertz CT molecular complexity index is 552. The van der Waals surface area contributed by atoms with Crippen molar-refractivity contribution in [3.8, 4) is 11.5 Å². The highest BCUT2D eigenvalue weighted by Gasteiger charge is 2.05. The Kier molecular flexibility index (Phi) is 4.98. The summed E-state index contributed by atoms with van der Waals surface area (Å²) in [5.74, 6) is 1.53. The number of hydrogen-bond acceptors (Lipinski definition) is 4. The van der Waals surface area contributed by atoms with Crippen LogP contribution in [-0.4, -0.2) is 12.2 Å². The average Bonchev–Trinajstić information content (AvgIpc) is 2.53. The van der Waals surface area contributed by atoms with Crippen LogP contribution in [0, 0.1) is 0 Å². The third-order valence-corrected chi connectivity index (χ3v) is 3.09. The van der Waals surface area contributed by atoms with E-state index in [1.165, 1.54) is 0 Å². The molecule has 0 saturated heterocycles. The second kappa shape index (κ2) is 6.93. The van der Waals surface area contributed by atoms with Crippen LogP contribution in [0.15, 0.2) is 42.5 Å². The van der Waals surface area contributed by atoms with Gasteiger partial charge in [-0.15, -0.1) is 0 Å². The first-order valence-corrected chi connectivity index (χ1v) is 6.45. The van der Waals surface area contributed by atoms with Crippen molar-refractivity contribution in [1.82, 2.24) is 0 Å². The summed E-state index contributed by atoms with van der Waals surface area (Å²) in [6.07, 6.45) is 0. The Morgan fingerprint density at radius 3 is 2.35 bits per heavy atom. The molecule has 20 heavy (non-hydrogen) atoms. The molecule has 3 N–H and O–H groups in total. The minimum atomic E-state index is 0.0525. The number of rotatable bonds is 6. The molecule has 0 aliphatic heterocycles. The van der Waals surface area contributed by atoms with Crippen LogP contribution >= 0.6 is 0 Å². The SMILES string of the molecule is COc1ccc(OCc2ccc(CO)cc2)c(CN)c1. The van der Waals surface area contributed by atoms with Gasteiger partial charge in [-0.25, -0.2) is 0 Å². The van der Waals surface area contributed by atoms with Crippen molar-refractivity contribution in [3.05, 3.63) is 59.2 Å². The van der Waals surface area contributed by atoms with Crippen LogP contribution in [0.4, 0.5) is 0 Å². The fraction of sp³-hybridized carbons (Fsp3) is 0.250. The van der Waals surface area contributed by atoms with Crippen LogP contribution in [0.25, 0.3) is 0 Å². The van der Waals surface area contributed by atoms with Crippen LogP contribution in [0.1, 0.15) is 16.7 Å². The number of nitrogens with two attached hydrogens (primary N) is 1. The molecule has 2 aromatic rings. The summed E-state index contributed by atoms with van der Waals surface area (Å²) < 4.78 is 11.0. The van der Waals surface area contributed by atoms with Gasteiger partial charge < -0.3 is 20.3 Å². The zero-order valence-electron chi connectivity index (χ0n) is 11.5. The van der Waals surface area contributed by atoms with Gasteiger partial charge in [0, 0.05) is 12.1 Å². The molecule has 0 bridgehead atoms. The molecule has 2 rings (SSSR count). The van der Waals surface area contributed by atoms with E-state index in [1.54, 1.807) is 7.11 Å². The summed E-state index contributed by atoms with van der Waals surface area (Å²) in [6.45, 7) is 0.915. The number of hydrogen-bond donors (Lipinski definition) is 2. The maximum Gasteiger partial charge on any atom is 0.124 e. The maximum absolute atomic E-state index is 9.00. The largest absolute Gasteiger partial charge is 0.497 e. The summed E-state index contributed by atoms with van der Waals surface area (Å²) in [7, 11) is 1.62. The van der Waals surface area contributed by atoms with Crippen molar-refractivity contribution in [3.63, 3.8) is 0 Å². The van der Waals surface area contributed by atoms with Crippen molar-refractivity contribution in [1.29, 1.82) is 0 Å². The van der Waals surface area contributed by atoms with Gasteiger partial charge in [0.2, 0.25) is 0 Å². The van der Waals surface area contributed by atoms with E-state index >= 15 is 0 Å². The van der Waals surface area contributed by atoms with Crippen molar-refractivity contribution in [2.24, 2.45) is 5.73 Å². The molecule has 0 atom stereocenters. The van der Waals surface area contributed by atoms with Gasteiger partial charge >= 0.3 is 0 Å². The second-order valence-electron chi connectivity index (χ2n) is 4.44. The van der Waals surface area contributed by atoms with E-state index in [1.807, 2.05) is 42.5 Å². The minimum Gasteiger partial charge on any atom is -0.497 e. The fourth-order valence-corrected chi connectivity index (χ4v) is 1.89. The van der Waals surface area contributed by atoms with E-state index in [4.69, 9.17) is 20.3 Å². The molecule has 0 unspecified atom stereocenters. The minimum absolute atomic E-state index is 0.0525. The molecule has 2 aromatic carbocycles. The highest BCUT2D eigenvalue weighted by molar-refractivity contribution is 5.40. The zero-order valence-corrected chi connectivity index (χ0v) is 11.5. The number of aliphatic hydroxyl groups is 1. The van der Waals surface area contributed by atoms with Crippen LogP contribution in [0.2, 0.25) is 0 Å². The smallest absolute Gasteiger partial charge is 0.124 e. The highest BCUT2D eigenvalue weighted by atomic mass is 16.5. The van der Waals surface area contributed by atoms with E-state index in [0.29, 0.717) is 13.2 Å². The number of ether oxygens (including phenoxy) is 2. The Hall–Kier alpha value is -2.04. The maximum atomic E-state index is 9.00. The topological polar surface area (TPSA) is 64.7 Å². The highest BCUT2D eigenvalue weighted by Crippen LogP contribution is 2.24. The molecule has 0 amide bonds. The molecular formula is C16H19NO3. The van der Waals surface area contributed by atoms with Gasteiger partial charge in [-0.1, -0.05) is 24.3 Å². The van der Waals surface area contributed by atoms with Gasteiger partial charge in [0.15, 0.2) is 0 Å². The van der Waals surface area contributed by atoms with Gasteiger partial charge in [-0.2, -0.15) is 0 Å². The molecule has 4 nitrogen and oxygen atoms in total. The van der Waals surface area contributed by atoms with Crippen molar-refractivity contribution < 1.29 is 14.6 Å². The molecule has 0 heterocycles. The lowest BCUT2D eigenvalue weighted by molar-refractivity contribution is 0.281. The molecule has 0 aromatic heterocycles. The standard InChI is InChI=1S/C16H19NO3/c1-19-15-6-7-16(14(8-15)9-17)20-11-13-4-2-12(10-18)3-5-13/h2-8,18H,9-11,17H2,1H3. The lowest BCUT2D eigenvalue weighted by Crippen LogP contribution is -2.03. The summed E-state index contributed by atoms with van der Waals surface area (Å²) in [6, 6.07) is 13.2. The average molecular weight is 273 g/mol. The Morgan fingerprint density at radius 2 is 1.75 bits per heavy atom. The zero-order chi connectivity index (χ0) is 14.4. The predicted octanol–water partition coefficient (Wildman–Crippen LogP) is 2.23. The van der Waals surface area contributed by atoms with E-state index in [2.05, 4.69) is 0 Å². The summed E-state index contributed by atoms with van der Waals surface area (Å²) in [4.78, 5) is 0. The van der Waals surface area contributed by atoms with Crippen LogP contribution in [0.3, 0.4) is 0 Å². The quantitative estimate of drug-likeness (QED) is 0.847.